The van der Waals surface area contributed by atoms with Crippen LogP contribution in [0.5, 0.6) is 0 Å². The van der Waals surface area contributed by atoms with Crippen molar-refractivity contribution in [1.29, 1.82) is 0 Å². The van der Waals surface area contributed by atoms with Crippen LogP contribution >= 0.6 is 15.9 Å². The third-order valence-corrected chi connectivity index (χ3v) is 4.29. The molecule has 0 atom stereocenters. The lowest BCUT2D eigenvalue weighted by Gasteiger charge is -2.11. The van der Waals surface area contributed by atoms with Crippen LogP contribution in [0, 0.1) is 13.8 Å². The molecule has 0 saturated carbocycles. The predicted octanol–water partition coefficient (Wildman–Crippen LogP) is 5.46. The molecule has 0 radical (unpaired) electrons. The summed E-state index contributed by atoms with van der Waals surface area (Å²) >= 11 is 3.41. The van der Waals surface area contributed by atoms with Crippen LogP contribution in [0.3, 0.4) is 0 Å². The molecule has 3 aromatic rings. The number of anilines is 3. The summed E-state index contributed by atoms with van der Waals surface area (Å²) in [7, 11) is 0. The van der Waals surface area contributed by atoms with Crippen LogP contribution in [0.1, 0.15) is 21.5 Å². The average molecular weight is 396 g/mol. The second-order valence-electron chi connectivity index (χ2n) is 5.87. The molecule has 1 amide bonds. The highest BCUT2D eigenvalue weighted by atomic mass is 79.9. The lowest BCUT2D eigenvalue weighted by Crippen LogP contribution is -2.13. The number of pyridine rings is 1. The van der Waals surface area contributed by atoms with Crippen molar-refractivity contribution in [3.05, 3.63) is 82.1 Å². The third kappa shape index (κ3) is 4.45. The number of hydrogen-bond acceptors (Lipinski definition) is 3. The van der Waals surface area contributed by atoms with Gasteiger partial charge in [-0.1, -0.05) is 33.6 Å². The number of hydrogen-bond donors (Lipinski definition) is 2. The number of carbonyl (C=O) groups is 1. The van der Waals surface area contributed by atoms with Crippen molar-refractivity contribution < 1.29 is 4.79 Å². The molecule has 0 aliphatic heterocycles. The van der Waals surface area contributed by atoms with E-state index in [4.69, 9.17) is 0 Å². The SMILES string of the molecule is Cc1ccc(NC(=O)c2cncc(Nc3ccc(Br)cc3)c2)c(C)c1. The van der Waals surface area contributed by atoms with Gasteiger partial charge in [0.05, 0.1) is 17.4 Å². The molecular formula is C20H18BrN3O. The molecule has 0 bridgehead atoms. The zero-order valence-corrected chi connectivity index (χ0v) is 15.6. The van der Waals surface area contributed by atoms with E-state index in [9.17, 15) is 4.79 Å². The van der Waals surface area contributed by atoms with E-state index in [1.165, 1.54) is 0 Å². The Kier molecular flexibility index (Phi) is 5.14. The van der Waals surface area contributed by atoms with E-state index < -0.39 is 0 Å². The van der Waals surface area contributed by atoms with E-state index in [1.807, 2.05) is 56.3 Å². The van der Waals surface area contributed by atoms with Crippen molar-refractivity contribution in [2.45, 2.75) is 13.8 Å². The first-order valence-corrected chi connectivity index (χ1v) is 8.67. The molecule has 0 aliphatic rings. The topological polar surface area (TPSA) is 54.0 Å². The van der Waals surface area contributed by atoms with Crippen LogP contribution in [-0.2, 0) is 0 Å². The fraction of sp³-hybridized carbons (Fsp3) is 0.100. The number of aromatic nitrogens is 1. The summed E-state index contributed by atoms with van der Waals surface area (Å²) in [5.41, 5.74) is 5.19. The number of carbonyl (C=O) groups excluding carboxylic acids is 1. The molecule has 2 N–H and O–H groups in total. The predicted molar refractivity (Wildman–Crippen MR) is 106 cm³/mol. The standard InChI is InChI=1S/C20H18BrN3O/c1-13-3-8-19(14(2)9-13)24-20(25)15-10-18(12-22-11-15)23-17-6-4-16(21)5-7-17/h3-12,23H,1-2H3,(H,24,25). The minimum Gasteiger partial charge on any atom is -0.354 e. The number of halogens is 1. The van der Waals surface area contributed by atoms with E-state index >= 15 is 0 Å². The van der Waals surface area contributed by atoms with E-state index in [2.05, 4.69) is 31.5 Å². The van der Waals surface area contributed by atoms with Gasteiger partial charge in [-0.3, -0.25) is 9.78 Å². The molecule has 0 saturated heterocycles. The third-order valence-electron chi connectivity index (χ3n) is 3.76. The zero-order chi connectivity index (χ0) is 17.8. The minimum absolute atomic E-state index is 0.182. The van der Waals surface area contributed by atoms with Gasteiger partial charge in [-0.15, -0.1) is 0 Å². The van der Waals surface area contributed by atoms with Gasteiger partial charge in [0.2, 0.25) is 0 Å². The zero-order valence-electron chi connectivity index (χ0n) is 14.0. The van der Waals surface area contributed by atoms with Crippen molar-refractivity contribution in [2.24, 2.45) is 0 Å². The first kappa shape index (κ1) is 17.2. The molecule has 1 heterocycles. The Morgan fingerprint density at radius 3 is 2.44 bits per heavy atom. The number of nitrogens with zero attached hydrogens (tertiary/aromatic N) is 1. The number of aryl methyl sites for hydroxylation is 2. The van der Waals surface area contributed by atoms with E-state index in [0.717, 1.165) is 32.7 Å². The Morgan fingerprint density at radius 1 is 0.960 bits per heavy atom. The quantitative estimate of drug-likeness (QED) is 0.616. The molecule has 126 valence electrons. The minimum atomic E-state index is -0.182. The fourth-order valence-electron chi connectivity index (χ4n) is 2.48. The van der Waals surface area contributed by atoms with Crippen LogP contribution in [0.4, 0.5) is 17.1 Å². The highest BCUT2D eigenvalue weighted by Crippen LogP contribution is 2.21. The highest BCUT2D eigenvalue weighted by Gasteiger charge is 2.09. The molecule has 5 heteroatoms. The Labute approximate surface area is 155 Å². The summed E-state index contributed by atoms with van der Waals surface area (Å²) in [5, 5.41) is 6.19. The van der Waals surface area contributed by atoms with Gasteiger partial charge in [0.15, 0.2) is 0 Å². The Bertz CT molecular complexity index is 907. The molecule has 0 unspecified atom stereocenters. The van der Waals surface area contributed by atoms with Gasteiger partial charge in [0.1, 0.15) is 0 Å². The Morgan fingerprint density at radius 2 is 1.72 bits per heavy atom. The largest absolute Gasteiger partial charge is 0.354 e. The highest BCUT2D eigenvalue weighted by molar-refractivity contribution is 9.10. The van der Waals surface area contributed by atoms with Crippen LogP contribution in [0.25, 0.3) is 0 Å². The maximum Gasteiger partial charge on any atom is 0.257 e. The molecule has 3 rings (SSSR count). The van der Waals surface area contributed by atoms with E-state index in [0.29, 0.717) is 5.56 Å². The number of amides is 1. The van der Waals surface area contributed by atoms with Gasteiger partial charge >= 0.3 is 0 Å². The maximum atomic E-state index is 12.5. The van der Waals surface area contributed by atoms with E-state index in [-0.39, 0.29) is 5.91 Å². The molecule has 0 aliphatic carbocycles. The first-order chi connectivity index (χ1) is 12.0. The van der Waals surface area contributed by atoms with Crippen molar-refractivity contribution in [3.8, 4) is 0 Å². The molecule has 1 aromatic heterocycles. The second-order valence-corrected chi connectivity index (χ2v) is 6.78. The molecule has 0 fully saturated rings. The Balaban J connectivity index is 1.76. The van der Waals surface area contributed by atoms with Gasteiger partial charge < -0.3 is 10.6 Å². The van der Waals surface area contributed by atoms with Gasteiger partial charge in [0.25, 0.3) is 5.91 Å². The van der Waals surface area contributed by atoms with Crippen LogP contribution in [-0.4, -0.2) is 10.9 Å². The fourth-order valence-corrected chi connectivity index (χ4v) is 2.75. The van der Waals surface area contributed by atoms with Crippen LogP contribution in [0.15, 0.2) is 65.4 Å². The van der Waals surface area contributed by atoms with Crippen molar-refractivity contribution in [3.63, 3.8) is 0 Å². The number of nitrogens with one attached hydrogen (secondary N) is 2. The summed E-state index contributed by atoms with van der Waals surface area (Å²) in [4.78, 5) is 16.7. The summed E-state index contributed by atoms with van der Waals surface area (Å²) in [5.74, 6) is -0.182. The van der Waals surface area contributed by atoms with Gasteiger partial charge in [-0.05, 0) is 55.8 Å². The maximum absolute atomic E-state index is 12.5. The summed E-state index contributed by atoms with van der Waals surface area (Å²) in [6.07, 6.45) is 3.25. The van der Waals surface area contributed by atoms with E-state index in [1.54, 1.807) is 18.5 Å². The van der Waals surface area contributed by atoms with Crippen molar-refractivity contribution in [2.75, 3.05) is 10.6 Å². The lowest BCUT2D eigenvalue weighted by molar-refractivity contribution is 0.102. The van der Waals surface area contributed by atoms with Gasteiger partial charge in [0, 0.05) is 22.0 Å². The number of rotatable bonds is 4. The van der Waals surface area contributed by atoms with Gasteiger partial charge in [-0.2, -0.15) is 0 Å². The summed E-state index contributed by atoms with van der Waals surface area (Å²) < 4.78 is 1.01. The van der Waals surface area contributed by atoms with Crippen LogP contribution < -0.4 is 10.6 Å². The molecular weight excluding hydrogens is 378 g/mol. The smallest absolute Gasteiger partial charge is 0.257 e. The molecule has 2 aromatic carbocycles. The summed E-state index contributed by atoms with van der Waals surface area (Å²) in [6.45, 7) is 4.01. The Hall–Kier alpha value is -2.66. The van der Waals surface area contributed by atoms with Crippen molar-refractivity contribution >= 4 is 38.9 Å². The van der Waals surface area contributed by atoms with Gasteiger partial charge in [-0.25, -0.2) is 0 Å². The first-order valence-electron chi connectivity index (χ1n) is 7.87. The summed E-state index contributed by atoms with van der Waals surface area (Å²) in [6, 6.07) is 15.5. The second kappa shape index (κ2) is 7.49. The number of benzene rings is 2. The average Bonchev–Trinajstić information content (AvgIpc) is 2.60. The molecule has 4 nitrogen and oxygen atoms in total. The normalized spacial score (nSPS) is 10.4. The van der Waals surface area contributed by atoms with Crippen LogP contribution in [0.2, 0.25) is 0 Å². The molecule has 25 heavy (non-hydrogen) atoms. The monoisotopic (exact) mass is 395 g/mol. The lowest BCUT2D eigenvalue weighted by atomic mass is 10.1. The van der Waals surface area contributed by atoms with Crippen molar-refractivity contribution in [1.82, 2.24) is 4.98 Å². The molecule has 0 spiro atoms.